The van der Waals surface area contributed by atoms with Crippen LogP contribution in [0.1, 0.15) is 5.56 Å². The summed E-state index contributed by atoms with van der Waals surface area (Å²) in [6.45, 7) is 0.0109. The first-order valence-corrected chi connectivity index (χ1v) is 5.48. The minimum absolute atomic E-state index is 0.00326. The number of benzene rings is 1. The molecule has 76 valence electrons. The lowest BCUT2D eigenvalue weighted by molar-refractivity contribution is 0.316. The molecule has 2 N–H and O–H groups in total. The second kappa shape index (κ2) is 6.16. The lowest BCUT2D eigenvalue weighted by atomic mass is 10.1. The summed E-state index contributed by atoms with van der Waals surface area (Å²) in [6, 6.07) is 9.92. The molecule has 0 saturated carbocycles. The van der Waals surface area contributed by atoms with Gasteiger partial charge in [-0.05, 0) is 40.1 Å². The molecule has 3 heteroatoms. The van der Waals surface area contributed by atoms with Gasteiger partial charge in [0.2, 0.25) is 0 Å². The summed E-state index contributed by atoms with van der Waals surface area (Å²) in [4.78, 5) is 0. The van der Waals surface area contributed by atoms with Gasteiger partial charge in [-0.2, -0.15) is 0 Å². The molecule has 0 unspecified atom stereocenters. The lowest BCUT2D eigenvalue weighted by Gasteiger charge is -2.06. The van der Waals surface area contributed by atoms with E-state index in [9.17, 15) is 0 Å². The van der Waals surface area contributed by atoms with Gasteiger partial charge in [-0.15, -0.1) is 0 Å². The maximum absolute atomic E-state index is 9.12. The Labute approximate surface area is 97.4 Å². The van der Waals surface area contributed by atoms with Gasteiger partial charge >= 0.3 is 0 Å². The minimum Gasteiger partial charge on any atom is -0.392 e. The predicted octanol–water partition coefficient (Wildman–Crippen LogP) is 1.90. The second-order valence-electron chi connectivity index (χ2n) is 2.99. The fourth-order valence-corrected chi connectivity index (χ4v) is 1.55. The van der Waals surface area contributed by atoms with Gasteiger partial charge in [0, 0.05) is 3.58 Å². The molecule has 0 radical (unpaired) electrons. The molecule has 0 aliphatic heterocycles. The van der Waals surface area contributed by atoms with Gasteiger partial charge in [-0.3, -0.25) is 0 Å². The van der Waals surface area contributed by atoms with Crippen LogP contribution in [0.15, 0.2) is 39.5 Å². The van der Waals surface area contributed by atoms with E-state index >= 15 is 0 Å². The van der Waals surface area contributed by atoms with Crippen LogP contribution in [0.2, 0.25) is 0 Å². The molecule has 1 rings (SSSR count). The molecule has 0 fully saturated rings. The van der Waals surface area contributed by atoms with Crippen LogP contribution in [-0.4, -0.2) is 23.4 Å². The number of rotatable bonds is 4. The summed E-state index contributed by atoms with van der Waals surface area (Å²) in [6.07, 6.45) is 0.705. The van der Waals surface area contributed by atoms with Crippen LogP contribution in [0, 0.1) is 0 Å². The Bertz CT molecular complexity index is 306. The van der Waals surface area contributed by atoms with Gasteiger partial charge in [0.15, 0.2) is 0 Å². The molecule has 0 aromatic heterocycles. The minimum atomic E-state index is 0.00326. The highest BCUT2D eigenvalue weighted by Gasteiger charge is 2.03. The largest absolute Gasteiger partial charge is 0.392 e. The third-order valence-electron chi connectivity index (χ3n) is 1.97. The summed E-state index contributed by atoms with van der Waals surface area (Å²) >= 11 is 2.06. The van der Waals surface area contributed by atoms with Gasteiger partial charge in [0.05, 0.1) is 13.2 Å². The maximum atomic E-state index is 9.12. The highest BCUT2D eigenvalue weighted by atomic mass is 127. The van der Waals surface area contributed by atoms with Crippen molar-refractivity contribution in [3.8, 4) is 0 Å². The molecule has 1 aromatic rings. The lowest BCUT2D eigenvalue weighted by Crippen LogP contribution is -2.00. The summed E-state index contributed by atoms with van der Waals surface area (Å²) in [5.41, 5.74) is 2.04. The third kappa shape index (κ3) is 3.40. The predicted molar refractivity (Wildman–Crippen MR) is 65.4 cm³/mol. The quantitative estimate of drug-likeness (QED) is 0.834. The molecule has 0 spiro atoms. The van der Waals surface area contributed by atoms with Gasteiger partial charge in [-0.1, -0.05) is 30.3 Å². The van der Waals surface area contributed by atoms with Crippen molar-refractivity contribution in [1.29, 1.82) is 0 Å². The third-order valence-corrected chi connectivity index (χ3v) is 3.08. The van der Waals surface area contributed by atoms with Crippen molar-refractivity contribution < 1.29 is 10.2 Å². The molecule has 0 amide bonds. The van der Waals surface area contributed by atoms with E-state index < -0.39 is 0 Å². The molecular formula is C11H13IO2. The van der Waals surface area contributed by atoms with E-state index in [1.807, 2.05) is 30.3 Å². The molecule has 14 heavy (non-hydrogen) atoms. The fraction of sp³-hybridized carbons (Fsp3) is 0.273. The van der Waals surface area contributed by atoms with E-state index in [0.29, 0.717) is 6.42 Å². The number of aliphatic hydroxyl groups is 2. The van der Waals surface area contributed by atoms with Gasteiger partial charge in [0.1, 0.15) is 0 Å². The molecule has 0 heterocycles. The average molecular weight is 304 g/mol. The van der Waals surface area contributed by atoms with E-state index in [0.717, 1.165) is 14.7 Å². The molecule has 0 saturated heterocycles. The van der Waals surface area contributed by atoms with Crippen molar-refractivity contribution in [2.75, 3.05) is 13.2 Å². The topological polar surface area (TPSA) is 40.5 Å². The zero-order chi connectivity index (χ0) is 10.4. The molecule has 0 bridgehead atoms. The van der Waals surface area contributed by atoms with Crippen molar-refractivity contribution in [2.45, 2.75) is 6.42 Å². The van der Waals surface area contributed by atoms with E-state index in [4.69, 9.17) is 10.2 Å². The Morgan fingerprint density at radius 2 is 1.71 bits per heavy atom. The van der Waals surface area contributed by atoms with Crippen LogP contribution < -0.4 is 0 Å². The molecule has 2 nitrogen and oxygen atoms in total. The first-order chi connectivity index (χ1) is 6.77. The van der Waals surface area contributed by atoms with Gasteiger partial charge in [-0.25, -0.2) is 0 Å². The molecule has 0 atom stereocenters. The zero-order valence-corrected chi connectivity index (χ0v) is 9.94. The van der Waals surface area contributed by atoms with E-state index in [1.54, 1.807) is 0 Å². The van der Waals surface area contributed by atoms with E-state index in [-0.39, 0.29) is 13.2 Å². The Morgan fingerprint density at radius 3 is 2.21 bits per heavy atom. The summed E-state index contributed by atoms with van der Waals surface area (Å²) in [5, 5.41) is 18.1. The van der Waals surface area contributed by atoms with E-state index in [2.05, 4.69) is 22.6 Å². The summed E-state index contributed by atoms with van der Waals surface area (Å²) in [5.74, 6) is 0. The smallest absolute Gasteiger partial charge is 0.0739 e. The average Bonchev–Trinajstić information content (AvgIpc) is 2.26. The highest BCUT2D eigenvalue weighted by molar-refractivity contribution is 14.1. The Balaban J connectivity index is 2.77. The zero-order valence-electron chi connectivity index (χ0n) is 7.78. The van der Waals surface area contributed by atoms with E-state index in [1.165, 1.54) is 0 Å². The standard InChI is InChI=1S/C11H13IO2/c12-11(8-14)10(7-13)6-9-4-2-1-3-5-9/h1-5,13-14H,6-8H2/b11-10+. The van der Waals surface area contributed by atoms with Crippen LogP contribution in [0.5, 0.6) is 0 Å². The second-order valence-corrected chi connectivity index (χ2v) is 4.29. The molecule has 0 aliphatic carbocycles. The van der Waals surface area contributed by atoms with Gasteiger partial charge in [0.25, 0.3) is 0 Å². The monoisotopic (exact) mass is 304 g/mol. The maximum Gasteiger partial charge on any atom is 0.0739 e. The summed E-state index contributed by atoms with van der Waals surface area (Å²) in [7, 11) is 0. The van der Waals surface area contributed by atoms with Crippen LogP contribution in [0.4, 0.5) is 0 Å². The number of halogens is 1. The Morgan fingerprint density at radius 1 is 1.07 bits per heavy atom. The van der Waals surface area contributed by atoms with Crippen molar-refractivity contribution in [3.63, 3.8) is 0 Å². The van der Waals surface area contributed by atoms with Crippen molar-refractivity contribution >= 4 is 22.6 Å². The van der Waals surface area contributed by atoms with Crippen molar-refractivity contribution in [3.05, 3.63) is 45.0 Å². The van der Waals surface area contributed by atoms with Crippen LogP contribution in [0.25, 0.3) is 0 Å². The Hall–Kier alpha value is -0.390. The Kier molecular flexibility index (Phi) is 5.14. The van der Waals surface area contributed by atoms with Gasteiger partial charge < -0.3 is 10.2 Å². The number of aliphatic hydroxyl groups excluding tert-OH is 2. The molecule has 0 aliphatic rings. The summed E-state index contributed by atoms with van der Waals surface area (Å²) < 4.78 is 0.828. The normalized spacial score (nSPS) is 12.5. The SMILES string of the molecule is OC/C(I)=C(\CO)Cc1ccccc1. The first-order valence-electron chi connectivity index (χ1n) is 4.40. The number of hydrogen-bond donors (Lipinski definition) is 2. The van der Waals surface area contributed by atoms with Crippen LogP contribution in [0.3, 0.4) is 0 Å². The van der Waals surface area contributed by atoms with Crippen LogP contribution >= 0.6 is 22.6 Å². The highest BCUT2D eigenvalue weighted by Crippen LogP contribution is 2.16. The molecule has 1 aromatic carbocycles. The van der Waals surface area contributed by atoms with Crippen LogP contribution in [-0.2, 0) is 6.42 Å². The van der Waals surface area contributed by atoms with Crippen molar-refractivity contribution in [1.82, 2.24) is 0 Å². The fourth-order valence-electron chi connectivity index (χ4n) is 1.19. The number of hydrogen-bond acceptors (Lipinski definition) is 2. The first kappa shape index (κ1) is 11.7. The van der Waals surface area contributed by atoms with Crippen molar-refractivity contribution in [2.24, 2.45) is 0 Å². The molecular weight excluding hydrogens is 291 g/mol.